The van der Waals surface area contributed by atoms with Crippen LogP contribution in [0.1, 0.15) is 42.0 Å². The summed E-state index contributed by atoms with van der Waals surface area (Å²) in [5, 5.41) is 0.664. The molecule has 0 N–H and O–H groups in total. The molecule has 196 valence electrons. The van der Waals surface area contributed by atoms with Crippen LogP contribution in [-0.2, 0) is 0 Å². The first-order valence-electron chi connectivity index (χ1n) is 12.8. The fourth-order valence-corrected chi connectivity index (χ4v) is 6.38. The van der Waals surface area contributed by atoms with Gasteiger partial charge in [-0.2, -0.15) is 0 Å². The standard InChI is InChI=1S/C32H27ClN2O3S/c1-37-25-14-8-20(9-15-25)18-23-4-3-5-27-29(23)34-32-35(30(27)22-10-16-26(38-2)17-11-22)31(36)28(39-32)19-21-6-12-24(33)13-7-21/h6-19,30H,3-5H2,1-2H3/b23-18-,28-19?/t30-/m1/s1. The SMILES string of the molecule is COc1ccc(/C=C2/CCCC3=C2N=c2sc(=Cc4ccc(Cl)cc4)c(=O)n2[C@@H]3c2ccc(OC)cc2)cc1. The number of aromatic nitrogens is 1. The second kappa shape index (κ2) is 10.7. The van der Waals surface area contributed by atoms with Crippen molar-refractivity contribution < 1.29 is 9.47 Å². The Kier molecular flexibility index (Phi) is 6.98. The number of benzene rings is 3. The van der Waals surface area contributed by atoms with E-state index in [1.54, 1.807) is 14.2 Å². The van der Waals surface area contributed by atoms with E-state index >= 15 is 0 Å². The van der Waals surface area contributed by atoms with Crippen LogP contribution >= 0.6 is 22.9 Å². The molecule has 0 unspecified atom stereocenters. The third-order valence-electron chi connectivity index (χ3n) is 7.19. The molecule has 2 aliphatic rings. The van der Waals surface area contributed by atoms with Crippen LogP contribution < -0.4 is 24.4 Å². The number of halogens is 1. The Bertz CT molecular complexity index is 1760. The zero-order chi connectivity index (χ0) is 26.9. The van der Waals surface area contributed by atoms with E-state index in [1.165, 1.54) is 22.5 Å². The van der Waals surface area contributed by atoms with Crippen molar-refractivity contribution in [2.75, 3.05) is 14.2 Å². The molecular formula is C32H27ClN2O3S. The van der Waals surface area contributed by atoms with Gasteiger partial charge in [-0.1, -0.05) is 59.3 Å². The van der Waals surface area contributed by atoms with Crippen LogP contribution in [0.2, 0.25) is 5.02 Å². The molecule has 0 radical (unpaired) electrons. The molecule has 39 heavy (non-hydrogen) atoms. The first kappa shape index (κ1) is 25.4. The largest absolute Gasteiger partial charge is 0.497 e. The number of hydrogen-bond donors (Lipinski definition) is 0. The molecule has 0 fully saturated rings. The van der Waals surface area contributed by atoms with E-state index in [-0.39, 0.29) is 11.6 Å². The van der Waals surface area contributed by atoms with Crippen molar-refractivity contribution in [1.29, 1.82) is 0 Å². The summed E-state index contributed by atoms with van der Waals surface area (Å²) >= 11 is 7.50. The molecule has 1 aliphatic carbocycles. The van der Waals surface area contributed by atoms with Gasteiger partial charge in [0.2, 0.25) is 0 Å². The third kappa shape index (κ3) is 4.98. The smallest absolute Gasteiger partial charge is 0.271 e. The Morgan fingerprint density at radius 1 is 0.872 bits per heavy atom. The van der Waals surface area contributed by atoms with Crippen molar-refractivity contribution in [2.24, 2.45) is 4.99 Å². The molecule has 0 bridgehead atoms. The number of allylic oxidation sites excluding steroid dienone is 2. The third-order valence-corrected chi connectivity index (χ3v) is 8.42. The number of methoxy groups -OCH3 is 2. The van der Waals surface area contributed by atoms with Crippen molar-refractivity contribution in [2.45, 2.75) is 25.3 Å². The molecule has 7 heteroatoms. The lowest BCUT2D eigenvalue weighted by molar-refractivity contribution is 0.414. The molecule has 6 rings (SSSR count). The van der Waals surface area contributed by atoms with Gasteiger partial charge in [0.25, 0.3) is 5.56 Å². The number of fused-ring (bicyclic) bond motifs is 1. The van der Waals surface area contributed by atoms with Gasteiger partial charge in [-0.3, -0.25) is 9.36 Å². The molecule has 0 amide bonds. The van der Waals surface area contributed by atoms with E-state index in [2.05, 4.69) is 30.3 Å². The molecule has 1 atom stereocenters. The van der Waals surface area contributed by atoms with Crippen LogP contribution in [0, 0.1) is 0 Å². The first-order valence-corrected chi connectivity index (χ1v) is 14.0. The van der Waals surface area contributed by atoms with E-state index in [1.807, 2.05) is 59.2 Å². The number of ether oxygens (including phenoxy) is 2. The molecule has 0 saturated heterocycles. The highest BCUT2D eigenvalue weighted by atomic mass is 35.5. The number of nitrogens with zero attached hydrogens (tertiary/aromatic N) is 2. The van der Waals surface area contributed by atoms with Gasteiger partial charge in [-0.15, -0.1) is 0 Å². The second-order valence-electron chi connectivity index (χ2n) is 9.58. The summed E-state index contributed by atoms with van der Waals surface area (Å²) in [4.78, 5) is 19.7. The van der Waals surface area contributed by atoms with Gasteiger partial charge in [0, 0.05) is 5.02 Å². The average Bonchev–Trinajstić information content (AvgIpc) is 3.28. The molecular weight excluding hydrogens is 528 g/mol. The molecule has 1 aromatic heterocycles. The predicted molar refractivity (Wildman–Crippen MR) is 157 cm³/mol. The van der Waals surface area contributed by atoms with E-state index in [4.69, 9.17) is 26.1 Å². The van der Waals surface area contributed by atoms with Crippen LogP contribution in [-0.4, -0.2) is 18.8 Å². The van der Waals surface area contributed by atoms with Gasteiger partial charge in [0.15, 0.2) is 4.80 Å². The zero-order valence-corrected chi connectivity index (χ0v) is 23.3. The maximum absolute atomic E-state index is 13.9. The topological polar surface area (TPSA) is 52.8 Å². The van der Waals surface area contributed by atoms with E-state index in [9.17, 15) is 4.79 Å². The zero-order valence-electron chi connectivity index (χ0n) is 21.7. The summed E-state index contributed by atoms with van der Waals surface area (Å²) in [5.74, 6) is 1.61. The Morgan fingerprint density at radius 3 is 2.15 bits per heavy atom. The predicted octanol–water partition coefficient (Wildman–Crippen LogP) is 6.15. The highest BCUT2D eigenvalue weighted by Gasteiger charge is 2.32. The van der Waals surface area contributed by atoms with Gasteiger partial charge in [-0.25, -0.2) is 4.99 Å². The molecule has 1 aliphatic heterocycles. The summed E-state index contributed by atoms with van der Waals surface area (Å²) in [6.45, 7) is 0. The molecule has 0 saturated carbocycles. The summed E-state index contributed by atoms with van der Waals surface area (Å²) in [6.07, 6.45) is 6.95. The van der Waals surface area contributed by atoms with Gasteiger partial charge >= 0.3 is 0 Å². The minimum atomic E-state index is -0.228. The molecule has 4 aromatic rings. The van der Waals surface area contributed by atoms with E-state index in [0.29, 0.717) is 14.4 Å². The monoisotopic (exact) mass is 554 g/mol. The Morgan fingerprint density at radius 2 is 1.49 bits per heavy atom. The van der Waals surface area contributed by atoms with E-state index in [0.717, 1.165) is 53.1 Å². The van der Waals surface area contributed by atoms with Crippen molar-refractivity contribution in [3.63, 3.8) is 0 Å². The molecule has 2 heterocycles. The molecule has 0 spiro atoms. The summed E-state index contributed by atoms with van der Waals surface area (Å²) in [5.41, 5.74) is 6.40. The van der Waals surface area contributed by atoms with Gasteiger partial charge in [0.1, 0.15) is 11.5 Å². The van der Waals surface area contributed by atoms with Crippen molar-refractivity contribution in [3.8, 4) is 11.5 Å². The summed E-state index contributed by atoms with van der Waals surface area (Å²) < 4.78 is 13.2. The Balaban J connectivity index is 1.54. The highest BCUT2D eigenvalue weighted by Crippen LogP contribution is 2.41. The summed E-state index contributed by atoms with van der Waals surface area (Å²) in [6, 6.07) is 23.4. The fraction of sp³-hybridized carbons (Fsp3) is 0.188. The number of rotatable bonds is 5. The maximum atomic E-state index is 13.9. The van der Waals surface area contributed by atoms with Crippen molar-refractivity contribution >= 4 is 35.1 Å². The minimum Gasteiger partial charge on any atom is -0.497 e. The lowest BCUT2D eigenvalue weighted by Gasteiger charge is -2.31. The summed E-state index contributed by atoms with van der Waals surface area (Å²) in [7, 11) is 3.33. The maximum Gasteiger partial charge on any atom is 0.271 e. The quantitative estimate of drug-likeness (QED) is 0.297. The molecule has 5 nitrogen and oxygen atoms in total. The number of thiazole rings is 1. The number of hydrogen-bond acceptors (Lipinski definition) is 5. The van der Waals surface area contributed by atoms with Gasteiger partial charge < -0.3 is 9.47 Å². The average molecular weight is 555 g/mol. The highest BCUT2D eigenvalue weighted by molar-refractivity contribution is 7.07. The van der Waals surface area contributed by atoms with Gasteiger partial charge in [-0.05, 0) is 95.6 Å². The van der Waals surface area contributed by atoms with Crippen molar-refractivity contribution in [3.05, 3.63) is 131 Å². The van der Waals surface area contributed by atoms with Crippen LogP contribution in [0.5, 0.6) is 11.5 Å². The normalized spacial score (nSPS) is 18.0. The second-order valence-corrected chi connectivity index (χ2v) is 11.0. The van der Waals surface area contributed by atoms with Crippen LogP contribution in [0.3, 0.4) is 0 Å². The van der Waals surface area contributed by atoms with E-state index < -0.39 is 0 Å². The minimum absolute atomic E-state index is 0.0349. The Labute approximate surface area is 235 Å². The Hall–Kier alpha value is -3.87. The molecule has 3 aromatic carbocycles. The van der Waals surface area contributed by atoms with Crippen molar-refractivity contribution in [1.82, 2.24) is 4.57 Å². The first-order chi connectivity index (χ1) is 19.0. The van der Waals surface area contributed by atoms with Crippen LogP contribution in [0.25, 0.3) is 12.2 Å². The van der Waals surface area contributed by atoms with Crippen LogP contribution in [0.15, 0.2) is 99.4 Å². The van der Waals surface area contributed by atoms with Crippen LogP contribution in [0.4, 0.5) is 0 Å². The van der Waals surface area contributed by atoms with Gasteiger partial charge in [0.05, 0.1) is 30.5 Å². The fourth-order valence-electron chi connectivity index (χ4n) is 5.25. The lowest BCUT2D eigenvalue weighted by atomic mass is 9.84. The lowest BCUT2D eigenvalue weighted by Crippen LogP contribution is -2.39.